The van der Waals surface area contributed by atoms with E-state index in [2.05, 4.69) is 17.2 Å². The standard InChI is InChI=1S/C21H19NO5S2/c1-27-17-11-13-18(14-12-17)29(25,26)21(19(23)22-20(24)28-21)15-7-3-6-10-16-8-4-2-5-9-16/h2,4-5,8-9,11-14H,3,7,15H2,1H3,(H,22,23,24). The molecule has 1 fully saturated rings. The van der Waals surface area contributed by atoms with Crippen molar-refractivity contribution in [3.05, 3.63) is 60.2 Å². The molecule has 0 spiro atoms. The number of thioether (sulfide) groups is 1. The number of imide groups is 1. The van der Waals surface area contributed by atoms with Crippen LogP contribution in [0.4, 0.5) is 4.79 Å². The van der Waals surface area contributed by atoms with Crippen molar-refractivity contribution < 1.29 is 22.7 Å². The number of unbranched alkanes of at least 4 members (excludes halogenated alkanes) is 1. The van der Waals surface area contributed by atoms with Gasteiger partial charge in [-0.15, -0.1) is 0 Å². The monoisotopic (exact) mass is 429 g/mol. The van der Waals surface area contributed by atoms with Gasteiger partial charge in [-0.3, -0.25) is 14.9 Å². The van der Waals surface area contributed by atoms with Gasteiger partial charge in [0.05, 0.1) is 12.0 Å². The summed E-state index contributed by atoms with van der Waals surface area (Å²) in [4.78, 5) is 24.3. The molecule has 150 valence electrons. The average molecular weight is 430 g/mol. The maximum absolute atomic E-state index is 13.3. The lowest BCUT2D eigenvalue weighted by Gasteiger charge is -2.24. The van der Waals surface area contributed by atoms with Gasteiger partial charge in [-0.25, -0.2) is 8.42 Å². The highest BCUT2D eigenvalue weighted by atomic mass is 32.3. The summed E-state index contributed by atoms with van der Waals surface area (Å²) < 4.78 is 29.7. The van der Waals surface area contributed by atoms with Crippen molar-refractivity contribution in [1.29, 1.82) is 0 Å². The maximum Gasteiger partial charge on any atom is 0.287 e. The first-order valence-corrected chi connectivity index (χ1v) is 11.2. The molecule has 29 heavy (non-hydrogen) atoms. The molecule has 1 N–H and O–H groups in total. The maximum atomic E-state index is 13.3. The van der Waals surface area contributed by atoms with E-state index >= 15 is 0 Å². The van der Waals surface area contributed by atoms with Gasteiger partial charge in [0.1, 0.15) is 5.75 Å². The van der Waals surface area contributed by atoms with Crippen molar-refractivity contribution >= 4 is 32.7 Å². The lowest BCUT2D eigenvalue weighted by Crippen LogP contribution is -2.43. The van der Waals surface area contributed by atoms with Crippen molar-refractivity contribution in [2.75, 3.05) is 7.11 Å². The Kier molecular flexibility index (Phi) is 6.30. The summed E-state index contributed by atoms with van der Waals surface area (Å²) in [7, 11) is -2.65. The van der Waals surface area contributed by atoms with Crippen LogP contribution >= 0.6 is 11.8 Å². The molecule has 1 aliphatic heterocycles. The van der Waals surface area contributed by atoms with Crippen LogP contribution in [0.15, 0.2) is 59.5 Å². The Morgan fingerprint density at radius 2 is 1.76 bits per heavy atom. The Morgan fingerprint density at radius 1 is 1.07 bits per heavy atom. The SMILES string of the molecule is COc1ccc(S(=O)(=O)C2(CCCC#Cc3ccccc3)SC(=O)NC2=O)cc1. The average Bonchev–Trinajstić information content (AvgIpc) is 3.03. The van der Waals surface area contributed by atoms with Crippen molar-refractivity contribution in [3.63, 3.8) is 0 Å². The fourth-order valence-corrected chi connectivity index (χ4v) is 6.30. The van der Waals surface area contributed by atoms with Crippen LogP contribution in [0.5, 0.6) is 5.75 Å². The number of hydrogen-bond acceptors (Lipinski definition) is 6. The smallest absolute Gasteiger partial charge is 0.287 e. The van der Waals surface area contributed by atoms with E-state index in [0.717, 1.165) is 5.56 Å². The van der Waals surface area contributed by atoms with E-state index in [1.165, 1.54) is 31.4 Å². The van der Waals surface area contributed by atoms with Crippen LogP contribution in [0.2, 0.25) is 0 Å². The zero-order chi connectivity index (χ0) is 20.9. The van der Waals surface area contributed by atoms with E-state index in [-0.39, 0.29) is 11.3 Å². The number of sulfone groups is 1. The highest BCUT2D eigenvalue weighted by Crippen LogP contribution is 2.44. The predicted molar refractivity (Wildman–Crippen MR) is 111 cm³/mol. The Bertz CT molecular complexity index is 1070. The van der Waals surface area contributed by atoms with Gasteiger partial charge in [0.25, 0.3) is 11.1 Å². The Hall–Kier alpha value is -2.76. The highest BCUT2D eigenvalue weighted by molar-refractivity contribution is 8.25. The van der Waals surface area contributed by atoms with E-state index < -0.39 is 25.1 Å². The molecular formula is C21H19NO5S2. The van der Waals surface area contributed by atoms with Crippen LogP contribution in [0.25, 0.3) is 0 Å². The molecule has 1 saturated heterocycles. The molecule has 0 radical (unpaired) electrons. The van der Waals surface area contributed by atoms with Gasteiger partial charge in [-0.1, -0.05) is 30.0 Å². The molecule has 0 aromatic heterocycles. The molecule has 0 aliphatic carbocycles. The van der Waals surface area contributed by atoms with Gasteiger partial charge in [-0.2, -0.15) is 0 Å². The van der Waals surface area contributed by atoms with Crippen molar-refractivity contribution in [1.82, 2.24) is 5.32 Å². The quantitative estimate of drug-likeness (QED) is 0.559. The number of rotatable bonds is 6. The summed E-state index contributed by atoms with van der Waals surface area (Å²) >= 11 is 0.520. The number of carbonyl (C=O) groups excluding carboxylic acids is 2. The summed E-state index contributed by atoms with van der Waals surface area (Å²) in [6, 6.07) is 15.2. The summed E-state index contributed by atoms with van der Waals surface area (Å²) in [5, 5.41) is 1.45. The first-order chi connectivity index (χ1) is 13.9. The number of ether oxygens (including phenoxy) is 1. The predicted octanol–water partition coefficient (Wildman–Crippen LogP) is 3.37. The van der Waals surface area contributed by atoms with E-state index in [4.69, 9.17) is 4.74 Å². The molecular weight excluding hydrogens is 410 g/mol. The van der Waals surface area contributed by atoms with Gasteiger partial charge in [0.15, 0.2) is 0 Å². The van der Waals surface area contributed by atoms with E-state index in [1.807, 2.05) is 30.3 Å². The second kappa shape index (κ2) is 8.72. The summed E-state index contributed by atoms with van der Waals surface area (Å²) in [5.74, 6) is 5.67. The van der Waals surface area contributed by atoms with Gasteiger partial charge >= 0.3 is 0 Å². The Balaban J connectivity index is 1.81. The number of nitrogens with one attached hydrogen (secondary N) is 1. The minimum absolute atomic E-state index is 0.0208. The van der Waals surface area contributed by atoms with Gasteiger partial charge < -0.3 is 4.74 Å². The molecule has 1 aliphatic rings. The molecule has 2 aromatic rings. The van der Waals surface area contributed by atoms with Crippen LogP contribution < -0.4 is 10.1 Å². The number of carbonyl (C=O) groups is 2. The van der Waals surface area contributed by atoms with Crippen LogP contribution in [0, 0.1) is 11.8 Å². The van der Waals surface area contributed by atoms with Crippen LogP contribution in [-0.4, -0.2) is 30.8 Å². The minimum atomic E-state index is -4.12. The second-order valence-corrected chi connectivity index (χ2v) is 10.0. The molecule has 3 rings (SSSR count). The molecule has 1 unspecified atom stereocenters. The molecule has 2 aromatic carbocycles. The normalized spacial score (nSPS) is 18.7. The number of methoxy groups -OCH3 is 1. The Labute approximate surface area is 174 Å². The van der Waals surface area contributed by atoms with Gasteiger partial charge in [0.2, 0.25) is 13.9 Å². The fraction of sp³-hybridized carbons (Fsp3) is 0.238. The third-order valence-corrected chi connectivity index (χ3v) is 8.50. The zero-order valence-corrected chi connectivity index (χ0v) is 17.3. The van der Waals surface area contributed by atoms with Gasteiger partial charge in [0, 0.05) is 12.0 Å². The lowest BCUT2D eigenvalue weighted by atomic mass is 10.1. The number of amides is 2. The molecule has 6 nitrogen and oxygen atoms in total. The first-order valence-electron chi connectivity index (χ1n) is 8.86. The van der Waals surface area contributed by atoms with Crippen molar-refractivity contribution in [3.8, 4) is 17.6 Å². The summed E-state index contributed by atoms with van der Waals surface area (Å²) in [5.41, 5.74) is 0.858. The van der Waals surface area contributed by atoms with Crippen molar-refractivity contribution in [2.24, 2.45) is 0 Å². The molecule has 1 atom stereocenters. The van der Waals surface area contributed by atoms with Crippen LogP contribution in [0.1, 0.15) is 24.8 Å². The molecule has 8 heteroatoms. The third kappa shape index (κ3) is 4.31. The van der Waals surface area contributed by atoms with Crippen LogP contribution in [0.3, 0.4) is 0 Å². The first kappa shape index (κ1) is 21.0. The van der Waals surface area contributed by atoms with Crippen molar-refractivity contribution in [2.45, 2.75) is 28.2 Å². The largest absolute Gasteiger partial charge is 0.497 e. The number of hydrogen-bond donors (Lipinski definition) is 1. The molecule has 1 heterocycles. The topological polar surface area (TPSA) is 89.5 Å². The second-order valence-electron chi connectivity index (χ2n) is 6.30. The Morgan fingerprint density at radius 3 is 2.34 bits per heavy atom. The molecule has 0 bridgehead atoms. The van der Waals surface area contributed by atoms with E-state index in [1.54, 1.807) is 0 Å². The minimum Gasteiger partial charge on any atom is -0.497 e. The fourth-order valence-electron chi connectivity index (χ4n) is 2.93. The lowest BCUT2D eigenvalue weighted by molar-refractivity contribution is -0.120. The zero-order valence-electron chi connectivity index (χ0n) is 15.7. The molecule has 2 amide bonds. The summed E-state index contributed by atoms with van der Waals surface area (Å²) in [6.45, 7) is 0. The summed E-state index contributed by atoms with van der Waals surface area (Å²) in [6.07, 6.45) is 0.729. The van der Waals surface area contributed by atoms with E-state index in [9.17, 15) is 18.0 Å². The van der Waals surface area contributed by atoms with Crippen LogP contribution in [-0.2, 0) is 14.6 Å². The van der Waals surface area contributed by atoms with E-state index in [0.29, 0.717) is 30.4 Å². The van der Waals surface area contributed by atoms with Gasteiger partial charge in [-0.05, 0) is 61.0 Å². The number of benzene rings is 2. The molecule has 0 saturated carbocycles. The highest BCUT2D eigenvalue weighted by Gasteiger charge is 2.57. The third-order valence-electron chi connectivity index (χ3n) is 4.44.